The number of piperazine rings is 1. The van der Waals surface area contributed by atoms with Gasteiger partial charge in [-0.1, -0.05) is 54.9 Å². The standard InChI is InChI=1S/C24H32ClN3O2/c1-3-14-27-24(2,23(29)30)28-16-15-26-22(17-28)13-6-18-4-7-19(8-5-18)20-9-11-21(25)12-10-20/h4-5,7-12,22,26-27H,3,6,13-17H2,1-2H3,(H,29,30). The smallest absolute Gasteiger partial charge is 0.338 e. The third-order valence-corrected chi connectivity index (χ3v) is 6.19. The number of carbonyl (C=O) groups is 1. The summed E-state index contributed by atoms with van der Waals surface area (Å²) in [7, 11) is 0. The molecule has 30 heavy (non-hydrogen) atoms. The Labute approximate surface area is 184 Å². The maximum absolute atomic E-state index is 11.9. The first-order valence-electron chi connectivity index (χ1n) is 10.7. The van der Waals surface area contributed by atoms with Crippen molar-refractivity contribution in [1.29, 1.82) is 0 Å². The van der Waals surface area contributed by atoms with E-state index in [9.17, 15) is 9.90 Å². The molecule has 5 nitrogen and oxygen atoms in total. The minimum absolute atomic E-state index is 0.275. The van der Waals surface area contributed by atoms with E-state index in [1.807, 2.05) is 31.2 Å². The van der Waals surface area contributed by atoms with Crippen LogP contribution in [0.3, 0.4) is 0 Å². The molecular formula is C24H32ClN3O2. The molecule has 0 spiro atoms. The quantitative estimate of drug-likeness (QED) is 0.562. The summed E-state index contributed by atoms with van der Waals surface area (Å²) >= 11 is 5.97. The molecule has 0 bridgehead atoms. The Kier molecular flexibility index (Phi) is 7.89. The predicted molar refractivity (Wildman–Crippen MR) is 123 cm³/mol. The minimum atomic E-state index is -1.02. The van der Waals surface area contributed by atoms with Gasteiger partial charge in [-0.15, -0.1) is 0 Å². The highest BCUT2D eigenvalue weighted by atomic mass is 35.5. The summed E-state index contributed by atoms with van der Waals surface area (Å²) < 4.78 is 0. The zero-order valence-electron chi connectivity index (χ0n) is 17.8. The second-order valence-corrected chi connectivity index (χ2v) is 8.58. The van der Waals surface area contributed by atoms with Crippen LogP contribution in [0.4, 0.5) is 0 Å². The zero-order chi connectivity index (χ0) is 21.6. The molecule has 0 radical (unpaired) electrons. The van der Waals surface area contributed by atoms with Gasteiger partial charge < -0.3 is 10.4 Å². The Morgan fingerprint density at radius 3 is 2.43 bits per heavy atom. The first-order chi connectivity index (χ1) is 14.4. The van der Waals surface area contributed by atoms with Gasteiger partial charge in [0.25, 0.3) is 0 Å². The van der Waals surface area contributed by atoms with E-state index in [1.54, 1.807) is 6.92 Å². The average molecular weight is 430 g/mol. The van der Waals surface area contributed by atoms with Crippen LogP contribution in [0.1, 0.15) is 32.3 Å². The number of aliphatic carboxylic acids is 1. The monoisotopic (exact) mass is 429 g/mol. The largest absolute Gasteiger partial charge is 0.479 e. The number of aryl methyl sites for hydroxylation is 1. The Hall–Kier alpha value is -1.92. The molecule has 162 valence electrons. The second-order valence-electron chi connectivity index (χ2n) is 8.14. The lowest BCUT2D eigenvalue weighted by Gasteiger charge is -2.43. The molecule has 0 saturated carbocycles. The normalized spacial score (nSPS) is 19.4. The van der Waals surface area contributed by atoms with Crippen LogP contribution in [-0.2, 0) is 11.2 Å². The molecule has 1 aliphatic heterocycles. The van der Waals surface area contributed by atoms with Crippen molar-refractivity contribution in [2.45, 2.75) is 44.8 Å². The SMILES string of the molecule is CCCNC(C)(C(=O)O)N1CCNC(CCc2ccc(-c3ccc(Cl)cc3)cc2)C1. The van der Waals surface area contributed by atoms with Crippen molar-refractivity contribution >= 4 is 17.6 Å². The molecule has 3 rings (SSSR count). The maximum Gasteiger partial charge on any atom is 0.338 e. The predicted octanol–water partition coefficient (Wildman–Crippen LogP) is 4.01. The zero-order valence-corrected chi connectivity index (χ0v) is 18.6. The van der Waals surface area contributed by atoms with Crippen molar-refractivity contribution < 1.29 is 9.90 Å². The van der Waals surface area contributed by atoms with E-state index >= 15 is 0 Å². The summed E-state index contributed by atoms with van der Waals surface area (Å²) in [6.45, 7) is 6.78. The number of rotatable bonds is 9. The van der Waals surface area contributed by atoms with Gasteiger partial charge in [0.15, 0.2) is 5.66 Å². The van der Waals surface area contributed by atoms with Crippen LogP contribution in [0.2, 0.25) is 5.02 Å². The van der Waals surface area contributed by atoms with Crippen molar-refractivity contribution in [2.24, 2.45) is 0 Å². The van der Waals surface area contributed by atoms with Crippen molar-refractivity contribution in [3.8, 4) is 11.1 Å². The first kappa shape index (κ1) is 22.8. The molecule has 2 unspecified atom stereocenters. The summed E-state index contributed by atoms with van der Waals surface area (Å²) in [6, 6.07) is 16.8. The minimum Gasteiger partial charge on any atom is -0.479 e. The Morgan fingerprint density at radius 2 is 1.83 bits per heavy atom. The van der Waals surface area contributed by atoms with Crippen molar-refractivity contribution in [3.05, 3.63) is 59.1 Å². The van der Waals surface area contributed by atoms with E-state index in [1.165, 1.54) is 11.1 Å². The van der Waals surface area contributed by atoms with Crippen molar-refractivity contribution in [3.63, 3.8) is 0 Å². The molecule has 1 saturated heterocycles. The number of benzene rings is 2. The molecule has 2 aromatic rings. The molecular weight excluding hydrogens is 398 g/mol. The van der Waals surface area contributed by atoms with Crippen LogP contribution in [-0.4, -0.2) is 53.9 Å². The highest BCUT2D eigenvalue weighted by molar-refractivity contribution is 6.30. The van der Waals surface area contributed by atoms with Crippen LogP contribution in [0, 0.1) is 0 Å². The van der Waals surface area contributed by atoms with E-state index in [2.05, 4.69) is 39.8 Å². The van der Waals surface area contributed by atoms with Crippen LogP contribution in [0.25, 0.3) is 11.1 Å². The van der Waals surface area contributed by atoms with Gasteiger partial charge >= 0.3 is 5.97 Å². The molecule has 0 amide bonds. The molecule has 1 heterocycles. The highest BCUT2D eigenvalue weighted by Gasteiger charge is 2.40. The summed E-state index contributed by atoms with van der Waals surface area (Å²) in [5, 5.41) is 17.3. The number of halogens is 1. The van der Waals surface area contributed by atoms with E-state index in [-0.39, 0.29) is 6.04 Å². The lowest BCUT2D eigenvalue weighted by atomic mass is 9.99. The van der Waals surface area contributed by atoms with E-state index < -0.39 is 11.6 Å². The maximum atomic E-state index is 11.9. The topological polar surface area (TPSA) is 64.6 Å². The third kappa shape index (κ3) is 5.61. The summed E-state index contributed by atoms with van der Waals surface area (Å²) in [5.41, 5.74) is 2.60. The molecule has 3 N–H and O–H groups in total. The average Bonchev–Trinajstić information content (AvgIpc) is 2.77. The van der Waals surface area contributed by atoms with E-state index in [0.717, 1.165) is 49.5 Å². The summed E-state index contributed by atoms with van der Waals surface area (Å²) in [4.78, 5) is 14.0. The van der Waals surface area contributed by atoms with Gasteiger partial charge in [-0.05, 0) is 61.6 Å². The second kappa shape index (κ2) is 10.4. The number of nitrogens with one attached hydrogen (secondary N) is 2. The van der Waals surface area contributed by atoms with Gasteiger partial charge in [-0.2, -0.15) is 0 Å². The van der Waals surface area contributed by atoms with Gasteiger partial charge in [-0.3, -0.25) is 10.2 Å². The summed E-state index contributed by atoms with van der Waals surface area (Å²) in [6.07, 6.45) is 2.84. The van der Waals surface area contributed by atoms with Crippen LogP contribution >= 0.6 is 11.6 Å². The number of nitrogens with zero attached hydrogens (tertiary/aromatic N) is 1. The first-order valence-corrected chi connectivity index (χ1v) is 11.1. The van der Waals surface area contributed by atoms with Crippen LogP contribution < -0.4 is 10.6 Å². The molecule has 2 aromatic carbocycles. The van der Waals surface area contributed by atoms with Crippen LogP contribution in [0.15, 0.2) is 48.5 Å². The summed E-state index contributed by atoms with van der Waals surface area (Å²) in [5.74, 6) is -0.811. The molecule has 0 aliphatic carbocycles. The lowest BCUT2D eigenvalue weighted by Crippen LogP contribution is -2.67. The highest BCUT2D eigenvalue weighted by Crippen LogP contribution is 2.23. The van der Waals surface area contributed by atoms with Crippen LogP contribution in [0.5, 0.6) is 0 Å². The Balaban J connectivity index is 1.57. The Morgan fingerprint density at radius 1 is 1.20 bits per heavy atom. The van der Waals surface area contributed by atoms with Crippen molar-refractivity contribution in [1.82, 2.24) is 15.5 Å². The Bertz CT molecular complexity index is 825. The van der Waals surface area contributed by atoms with Gasteiger partial charge in [-0.25, -0.2) is 4.79 Å². The molecule has 2 atom stereocenters. The van der Waals surface area contributed by atoms with Crippen molar-refractivity contribution in [2.75, 3.05) is 26.2 Å². The van der Waals surface area contributed by atoms with Gasteiger partial charge in [0.1, 0.15) is 0 Å². The number of carboxylic acid groups (broad SMARTS) is 1. The fraction of sp³-hybridized carbons (Fsp3) is 0.458. The molecule has 0 aromatic heterocycles. The van der Waals surface area contributed by atoms with E-state index in [4.69, 9.17) is 11.6 Å². The number of carboxylic acids is 1. The molecule has 1 aliphatic rings. The molecule has 1 fully saturated rings. The van der Waals surface area contributed by atoms with Gasteiger partial charge in [0.2, 0.25) is 0 Å². The number of hydrogen-bond donors (Lipinski definition) is 3. The fourth-order valence-electron chi connectivity index (χ4n) is 3.96. The van der Waals surface area contributed by atoms with Gasteiger partial charge in [0.05, 0.1) is 0 Å². The molecule has 6 heteroatoms. The lowest BCUT2D eigenvalue weighted by molar-refractivity contribution is -0.154. The number of hydrogen-bond acceptors (Lipinski definition) is 4. The fourth-order valence-corrected chi connectivity index (χ4v) is 4.09. The van der Waals surface area contributed by atoms with Gasteiger partial charge in [0, 0.05) is 30.7 Å². The van der Waals surface area contributed by atoms with E-state index in [0.29, 0.717) is 6.54 Å². The third-order valence-electron chi connectivity index (χ3n) is 5.94.